The number of benzene rings is 1. The van der Waals surface area contributed by atoms with Crippen molar-refractivity contribution in [2.24, 2.45) is 0 Å². The van der Waals surface area contributed by atoms with Crippen molar-refractivity contribution in [2.75, 3.05) is 25.1 Å². The largest absolute Gasteiger partial charge is 3.00 e. The van der Waals surface area contributed by atoms with Gasteiger partial charge in [0.1, 0.15) is 5.75 Å². The van der Waals surface area contributed by atoms with E-state index in [1.807, 2.05) is 12.1 Å². The summed E-state index contributed by atoms with van der Waals surface area (Å²) in [6, 6.07) is 12.6. The number of methoxy groups -OCH3 is 1. The Bertz CT molecular complexity index is 521. The molecule has 0 saturated carbocycles. The third-order valence-corrected chi connectivity index (χ3v) is 3.53. The molecule has 2 radical (unpaired) electrons. The summed E-state index contributed by atoms with van der Waals surface area (Å²) in [5, 5.41) is 0. The van der Waals surface area contributed by atoms with Gasteiger partial charge in [0.15, 0.2) is 18.9 Å². The molecule has 21 heavy (non-hydrogen) atoms. The first-order valence-corrected chi connectivity index (χ1v) is 7.13. The molecule has 4 heteroatoms. The summed E-state index contributed by atoms with van der Waals surface area (Å²) in [5.74, 6) is 0.899. The third-order valence-electron chi connectivity index (χ3n) is 3.53. The van der Waals surface area contributed by atoms with Crippen molar-refractivity contribution in [1.82, 2.24) is 0 Å². The van der Waals surface area contributed by atoms with E-state index in [0.29, 0.717) is 0 Å². The number of pyridine rings is 1. The van der Waals surface area contributed by atoms with E-state index in [-0.39, 0.29) is 24.4 Å². The van der Waals surface area contributed by atoms with Gasteiger partial charge in [0, 0.05) is 36.5 Å². The van der Waals surface area contributed by atoms with Crippen molar-refractivity contribution in [3.05, 3.63) is 54.4 Å². The summed E-state index contributed by atoms with van der Waals surface area (Å²) in [6.07, 6.45) is 4.27. The quantitative estimate of drug-likeness (QED) is 0.554. The summed E-state index contributed by atoms with van der Waals surface area (Å²) in [5.41, 5.74) is 2.55. The third kappa shape index (κ3) is 4.93. The van der Waals surface area contributed by atoms with Gasteiger partial charge in [-0.25, -0.2) is 4.57 Å². The zero-order chi connectivity index (χ0) is 14.4. The number of ether oxygens (including phenoxy) is 1. The predicted octanol–water partition coefficient (Wildman–Crippen LogP) is 2.50. The molecule has 1 heterocycles. The summed E-state index contributed by atoms with van der Waals surface area (Å²) in [6.45, 7) is 7.32. The van der Waals surface area contributed by atoms with Crippen LogP contribution >= 0.6 is 0 Å². The van der Waals surface area contributed by atoms with Crippen LogP contribution in [0.15, 0.2) is 48.8 Å². The molecular formula is C17H23N2OSb+4. The van der Waals surface area contributed by atoms with Crippen LogP contribution in [0.3, 0.4) is 0 Å². The second-order valence-electron chi connectivity index (χ2n) is 4.75. The Balaban J connectivity index is 0.00000220. The van der Waals surface area contributed by atoms with Gasteiger partial charge < -0.3 is 9.64 Å². The molecule has 0 amide bonds. The van der Waals surface area contributed by atoms with E-state index in [0.717, 1.165) is 25.4 Å². The second kappa shape index (κ2) is 8.94. The van der Waals surface area contributed by atoms with E-state index in [1.165, 1.54) is 11.3 Å². The van der Waals surface area contributed by atoms with Gasteiger partial charge in [0.2, 0.25) is 0 Å². The maximum Gasteiger partial charge on any atom is 3.00 e. The summed E-state index contributed by atoms with van der Waals surface area (Å²) in [7, 11) is 1.69. The Morgan fingerprint density at radius 2 is 1.52 bits per heavy atom. The average molecular weight is 393 g/mol. The fourth-order valence-corrected chi connectivity index (χ4v) is 2.30. The molecule has 0 N–H and O–H groups in total. The molecule has 1 aromatic carbocycles. The molecule has 1 aromatic heterocycles. The molecule has 0 aliphatic heterocycles. The molecule has 0 aliphatic rings. The minimum absolute atomic E-state index is 0. The van der Waals surface area contributed by atoms with Gasteiger partial charge in [-0.3, -0.25) is 0 Å². The van der Waals surface area contributed by atoms with Crippen LogP contribution in [0.25, 0.3) is 0 Å². The van der Waals surface area contributed by atoms with Gasteiger partial charge in [0.05, 0.1) is 7.11 Å². The molecule has 2 rings (SSSR count). The molecule has 0 atom stereocenters. The number of aromatic nitrogens is 1. The van der Waals surface area contributed by atoms with Crippen LogP contribution in [0, 0.1) is 0 Å². The Morgan fingerprint density at radius 3 is 2.00 bits per heavy atom. The standard InChI is InChI=1S/C17H23N2O.Sb/c1-4-19(5-2)16-10-12-18(13-11-16)14-15-6-8-17(20-3)9-7-15;/h6-13H,4-5,14H2,1-3H3;/q+1;+3. The summed E-state index contributed by atoms with van der Waals surface area (Å²) in [4.78, 5) is 2.34. The number of hydrogen-bond donors (Lipinski definition) is 0. The van der Waals surface area contributed by atoms with Gasteiger partial charge in [0.25, 0.3) is 0 Å². The second-order valence-corrected chi connectivity index (χ2v) is 4.75. The Labute approximate surface area is 145 Å². The van der Waals surface area contributed by atoms with Gasteiger partial charge in [-0.2, -0.15) is 0 Å². The van der Waals surface area contributed by atoms with Gasteiger partial charge in [-0.15, -0.1) is 0 Å². The summed E-state index contributed by atoms with van der Waals surface area (Å²) < 4.78 is 7.36. The Morgan fingerprint density at radius 1 is 0.952 bits per heavy atom. The molecule has 0 spiro atoms. The SMILES string of the molecule is CCN(CC)c1cc[n+](Cc2ccc(OC)cc2)cc1.[Sb+3]. The van der Waals surface area contributed by atoms with Crippen LogP contribution in [-0.2, 0) is 6.54 Å². The average Bonchev–Trinajstić information content (AvgIpc) is 2.51. The predicted molar refractivity (Wildman–Crippen MR) is 88.0 cm³/mol. The molecule has 0 aliphatic carbocycles. The number of anilines is 1. The van der Waals surface area contributed by atoms with E-state index < -0.39 is 0 Å². The topological polar surface area (TPSA) is 16.4 Å². The van der Waals surface area contributed by atoms with Crippen LogP contribution in [0.2, 0.25) is 0 Å². The Hall–Kier alpha value is -1.21. The molecule has 2 aromatic rings. The molecule has 0 bridgehead atoms. The first-order chi connectivity index (χ1) is 9.76. The van der Waals surface area contributed by atoms with Crippen LogP contribution in [-0.4, -0.2) is 44.6 Å². The molecule has 3 nitrogen and oxygen atoms in total. The van der Waals surface area contributed by atoms with Crippen molar-refractivity contribution in [3.63, 3.8) is 0 Å². The Kier molecular flexibility index (Phi) is 7.59. The summed E-state index contributed by atoms with van der Waals surface area (Å²) >= 11 is 0. The van der Waals surface area contributed by atoms with Crippen LogP contribution < -0.4 is 14.2 Å². The van der Waals surface area contributed by atoms with E-state index in [2.05, 4.69) is 60.0 Å². The molecular weight excluding hydrogens is 370 g/mol. The minimum atomic E-state index is 0. The van der Waals surface area contributed by atoms with Crippen LogP contribution in [0.4, 0.5) is 5.69 Å². The van der Waals surface area contributed by atoms with Crippen molar-refractivity contribution in [3.8, 4) is 5.75 Å². The van der Waals surface area contributed by atoms with Crippen molar-refractivity contribution >= 4 is 30.1 Å². The van der Waals surface area contributed by atoms with E-state index >= 15 is 0 Å². The zero-order valence-corrected chi connectivity index (χ0v) is 15.5. The van der Waals surface area contributed by atoms with Gasteiger partial charge >= 0.3 is 24.4 Å². The van der Waals surface area contributed by atoms with Gasteiger partial charge in [-0.1, -0.05) is 0 Å². The fourth-order valence-electron chi connectivity index (χ4n) is 2.30. The van der Waals surface area contributed by atoms with Crippen molar-refractivity contribution < 1.29 is 9.30 Å². The molecule has 0 unspecified atom stereocenters. The normalized spacial score (nSPS) is 9.86. The van der Waals surface area contributed by atoms with Crippen LogP contribution in [0.5, 0.6) is 5.75 Å². The molecule has 108 valence electrons. The maximum absolute atomic E-state index is 5.17. The molecule has 0 saturated heterocycles. The van der Waals surface area contributed by atoms with E-state index in [9.17, 15) is 0 Å². The zero-order valence-electron chi connectivity index (χ0n) is 13.0. The van der Waals surface area contributed by atoms with E-state index in [4.69, 9.17) is 4.74 Å². The first kappa shape index (κ1) is 17.8. The van der Waals surface area contributed by atoms with E-state index in [1.54, 1.807) is 7.11 Å². The first-order valence-electron chi connectivity index (χ1n) is 7.13. The van der Waals surface area contributed by atoms with Crippen molar-refractivity contribution in [1.29, 1.82) is 0 Å². The van der Waals surface area contributed by atoms with Crippen LogP contribution in [0.1, 0.15) is 19.4 Å². The molecule has 0 fully saturated rings. The number of nitrogens with zero attached hydrogens (tertiary/aromatic N) is 2. The van der Waals surface area contributed by atoms with Gasteiger partial charge in [-0.05, 0) is 38.1 Å². The maximum atomic E-state index is 5.17. The number of hydrogen-bond acceptors (Lipinski definition) is 2. The number of rotatable bonds is 6. The van der Waals surface area contributed by atoms with Crippen molar-refractivity contribution in [2.45, 2.75) is 20.4 Å². The monoisotopic (exact) mass is 392 g/mol. The fraction of sp³-hybridized carbons (Fsp3) is 0.353. The smallest absolute Gasteiger partial charge is 0.497 e. The minimum Gasteiger partial charge on any atom is -0.497 e.